The Hall–Kier alpha value is -2.57. The molecule has 1 heterocycles. The van der Waals surface area contributed by atoms with Crippen molar-refractivity contribution < 1.29 is 23.9 Å². The summed E-state index contributed by atoms with van der Waals surface area (Å²) in [7, 11) is 1.72. The maximum Gasteiger partial charge on any atom is 0.414 e. The van der Waals surface area contributed by atoms with E-state index >= 15 is 0 Å². The minimum absolute atomic E-state index is 0.197. The number of hydrogen-bond acceptors (Lipinski definition) is 5. The molecule has 2 fully saturated rings. The van der Waals surface area contributed by atoms with Crippen molar-refractivity contribution in [3.63, 3.8) is 0 Å². The van der Waals surface area contributed by atoms with E-state index in [0.29, 0.717) is 30.4 Å². The quantitative estimate of drug-likeness (QED) is 0.768. The van der Waals surface area contributed by atoms with Crippen LogP contribution in [-0.2, 0) is 14.3 Å². The lowest BCUT2D eigenvalue weighted by Gasteiger charge is -2.16. The molecule has 23 heavy (non-hydrogen) atoms. The molecule has 0 bridgehead atoms. The number of rotatable bonds is 5. The van der Waals surface area contributed by atoms with Gasteiger partial charge in [0, 0.05) is 18.8 Å². The predicted molar refractivity (Wildman–Crippen MR) is 81.2 cm³/mol. The van der Waals surface area contributed by atoms with E-state index in [0.717, 1.165) is 12.8 Å². The number of cyclic esters (lactones) is 1. The number of likely N-dealkylation sites (N-methyl/N-ethyl adjacent to an activating group) is 1. The van der Waals surface area contributed by atoms with E-state index in [2.05, 4.69) is 0 Å². The van der Waals surface area contributed by atoms with E-state index in [1.807, 2.05) is 0 Å². The highest BCUT2D eigenvalue weighted by molar-refractivity contribution is 5.93. The summed E-state index contributed by atoms with van der Waals surface area (Å²) in [4.78, 5) is 38.3. The summed E-state index contributed by atoms with van der Waals surface area (Å²) in [5.41, 5.74) is 0.997. The average molecular weight is 318 g/mol. The van der Waals surface area contributed by atoms with Gasteiger partial charge in [-0.2, -0.15) is 0 Å². The Morgan fingerprint density at radius 1 is 1.30 bits per heavy atom. The number of amides is 2. The fraction of sp³-hybridized carbons (Fsp3) is 0.438. The molecule has 0 atom stereocenters. The third-order valence-corrected chi connectivity index (χ3v) is 3.99. The van der Waals surface area contributed by atoms with Crippen LogP contribution < -0.4 is 4.90 Å². The molecule has 1 saturated heterocycles. The molecule has 0 spiro atoms. The zero-order chi connectivity index (χ0) is 16.4. The van der Waals surface area contributed by atoms with Crippen LogP contribution in [0.25, 0.3) is 0 Å². The normalized spacial score (nSPS) is 16.9. The van der Waals surface area contributed by atoms with Crippen LogP contribution in [0, 0.1) is 0 Å². The van der Waals surface area contributed by atoms with Crippen molar-refractivity contribution in [1.29, 1.82) is 0 Å². The molecule has 1 aliphatic heterocycles. The number of nitrogens with zero attached hydrogens (tertiary/aromatic N) is 2. The van der Waals surface area contributed by atoms with Crippen molar-refractivity contribution in [2.75, 3.05) is 31.7 Å². The van der Waals surface area contributed by atoms with Gasteiger partial charge in [0.05, 0.1) is 12.1 Å². The van der Waals surface area contributed by atoms with Crippen LogP contribution in [0.15, 0.2) is 24.3 Å². The number of carbonyl (C=O) groups excluding carboxylic acids is 3. The number of carbonyl (C=O) groups is 3. The van der Waals surface area contributed by atoms with Crippen LogP contribution >= 0.6 is 0 Å². The first kappa shape index (κ1) is 15.3. The van der Waals surface area contributed by atoms with E-state index in [1.165, 1.54) is 4.90 Å². The van der Waals surface area contributed by atoms with Crippen LogP contribution in [0.5, 0.6) is 0 Å². The smallest absolute Gasteiger partial charge is 0.414 e. The molecule has 3 rings (SSSR count). The lowest BCUT2D eigenvalue weighted by Crippen LogP contribution is -2.32. The topological polar surface area (TPSA) is 76.2 Å². The molecule has 1 aromatic rings. The van der Waals surface area contributed by atoms with Crippen LogP contribution in [-0.4, -0.2) is 55.7 Å². The van der Waals surface area contributed by atoms with Crippen LogP contribution in [0.2, 0.25) is 0 Å². The second-order valence-electron chi connectivity index (χ2n) is 5.62. The average Bonchev–Trinajstić information content (AvgIpc) is 3.33. The minimum atomic E-state index is -0.557. The molecule has 1 aliphatic carbocycles. The van der Waals surface area contributed by atoms with Crippen molar-refractivity contribution in [3.8, 4) is 0 Å². The summed E-state index contributed by atoms with van der Waals surface area (Å²) in [5, 5.41) is 0. The number of benzene rings is 1. The Morgan fingerprint density at radius 3 is 2.57 bits per heavy atom. The molecule has 7 heteroatoms. The largest absolute Gasteiger partial charge is 0.452 e. The van der Waals surface area contributed by atoms with E-state index in [-0.39, 0.29) is 12.5 Å². The number of ether oxygens (including phenoxy) is 2. The van der Waals surface area contributed by atoms with Gasteiger partial charge in [0.1, 0.15) is 6.61 Å². The van der Waals surface area contributed by atoms with Gasteiger partial charge in [0.25, 0.3) is 5.91 Å². The van der Waals surface area contributed by atoms with Gasteiger partial charge in [-0.05, 0) is 37.1 Å². The van der Waals surface area contributed by atoms with Gasteiger partial charge >= 0.3 is 12.1 Å². The van der Waals surface area contributed by atoms with Gasteiger partial charge in [-0.3, -0.25) is 9.69 Å². The summed E-state index contributed by atoms with van der Waals surface area (Å²) in [6.45, 7) is 0.593. The first-order valence-corrected chi connectivity index (χ1v) is 7.53. The van der Waals surface area contributed by atoms with Crippen molar-refractivity contribution in [2.24, 2.45) is 0 Å². The first-order valence-electron chi connectivity index (χ1n) is 7.53. The molecule has 0 radical (unpaired) electrons. The third kappa shape index (κ3) is 3.44. The number of anilines is 1. The predicted octanol–water partition coefficient (Wildman–Crippen LogP) is 1.42. The summed E-state index contributed by atoms with van der Waals surface area (Å²) in [6, 6.07) is 6.74. The SMILES string of the molecule is CN(C(=O)COC(=O)c1ccc(N2CCOC2=O)cc1)C1CC1. The Labute approximate surface area is 133 Å². The third-order valence-electron chi connectivity index (χ3n) is 3.99. The summed E-state index contributed by atoms with van der Waals surface area (Å²) in [6.07, 6.45) is 1.63. The van der Waals surface area contributed by atoms with E-state index < -0.39 is 12.1 Å². The minimum Gasteiger partial charge on any atom is -0.452 e. The van der Waals surface area contributed by atoms with Crippen LogP contribution in [0.4, 0.5) is 10.5 Å². The van der Waals surface area contributed by atoms with Crippen molar-refractivity contribution in [3.05, 3.63) is 29.8 Å². The number of hydrogen-bond donors (Lipinski definition) is 0. The second-order valence-corrected chi connectivity index (χ2v) is 5.62. The molecule has 122 valence electrons. The molecule has 1 saturated carbocycles. The molecule has 0 N–H and O–H groups in total. The molecular formula is C16H18N2O5. The summed E-state index contributed by atoms with van der Waals surface area (Å²) < 4.78 is 9.90. The molecule has 2 amide bonds. The zero-order valence-corrected chi connectivity index (χ0v) is 12.9. The lowest BCUT2D eigenvalue weighted by molar-refractivity contribution is -0.133. The molecule has 1 aromatic carbocycles. The van der Waals surface area contributed by atoms with Crippen LogP contribution in [0.3, 0.4) is 0 Å². The first-order chi connectivity index (χ1) is 11.1. The fourth-order valence-electron chi connectivity index (χ4n) is 2.38. The second kappa shape index (κ2) is 6.28. The molecule has 7 nitrogen and oxygen atoms in total. The van der Waals surface area contributed by atoms with Crippen molar-refractivity contribution in [2.45, 2.75) is 18.9 Å². The summed E-state index contributed by atoms with van der Waals surface area (Å²) >= 11 is 0. The van der Waals surface area contributed by atoms with Gasteiger partial charge in [0.2, 0.25) is 0 Å². The molecular weight excluding hydrogens is 300 g/mol. The van der Waals surface area contributed by atoms with Crippen molar-refractivity contribution in [1.82, 2.24) is 4.90 Å². The van der Waals surface area contributed by atoms with Gasteiger partial charge in [-0.25, -0.2) is 9.59 Å². The zero-order valence-electron chi connectivity index (χ0n) is 12.9. The summed E-state index contributed by atoms with van der Waals surface area (Å²) in [5.74, 6) is -0.754. The maximum absolute atomic E-state index is 12.0. The highest BCUT2D eigenvalue weighted by Gasteiger charge is 2.30. The van der Waals surface area contributed by atoms with Gasteiger partial charge < -0.3 is 14.4 Å². The fourth-order valence-corrected chi connectivity index (χ4v) is 2.38. The Morgan fingerprint density at radius 2 is 2.00 bits per heavy atom. The molecule has 2 aliphatic rings. The molecule has 0 aromatic heterocycles. The monoisotopic (exact) mass is 318 g/mol. The highest BCUT2D eigenvalue weighted by atomic mass is 16.6. The van der Waals surface area contributed by atoms with Gasteiger partial charge in [0.15, 0.2) is 6.61 Å². The standard InChI is InChI=1S/C16H18N2O5/c1-17(12-6-7-12)14(19)10-23-15(20)11-2-4-13(5-3-11)18-8-9-22-16(18)21/h2-5,12H,6-10H2,1H3. The highest BCUT2D eigenvalue weighted by Crippen LogP contribution is 2.25. The van der Waals surface area contributed by atoms with Gasteiger partial charge in [-0.1, -0.05) is 0 Å². The number of esters is 1. The lowest BCUT2D eigenvalue weighted by atomic mass is 10.2. The Balaban J connectivity index is 1.55. The van der Waals surface area contributed by atoms with E-state index in [9.17, 15) is 14.4 Å². The Kier molecular flexibility index (Phi) is 4.18. The van der Waals surface area contributed by atoms with E-state index in [1.54, 1.807) is 36.2 Å². The maximum atomic E-state index is 12.0. The Bertz CT molecular complexity index is 624. The van der Waals surface area contributed by atoms with E-state index in [4.69, 9.17) is 9.47 Å². The van der Waals surface area contributed by atoms with Gasteiger partial charge in [-0.15, -0.1) is 0 Å². The van der Waals surface area contributed by atoms with Crippen molar-refractivity contribution >= 4 is 23.7 Å². The van der Waals surface area contributed by atoms with Crippen LogP contribution in [0.1, 0.15) is 23.2 Å². The molecule has 0 unspecified atom stereocenters.